The van der Waals surface area contributed by atoms with E-state index in [1.54, 1.807) is 30.6 Å². The Morgan fingerprint density at radius 1 is 0.958 bits per heavy atom. The quantitative estimate of drug-likeness (QED) is 0.755. The predicted octanol–water partition coefficient (Wildman–Crippen LogP) is 3.48. The van der Waals surface area contributed by atoms with Gasteiger partial charge >= 0.3 is 0 Å². The first-order valence-electron chi connectivity index (χ1n) is 7.37. The van der Waals surface area contributed by atoms with Crippen LogP contribution in [0.2, 0.25) is 0 Å². The zero-order valence-electron chi connectivity index (χ0n) is 12.7. The van der Waals surface area contributed by atoms with E-state index in [4.69, 9.17) is 0 Å². The highest BCUT2D eigenvalue weighted by Gasteiger charge is 2.09. The minimum absolute atomic E-state index is 0.241. The van der Waals surface area contributed by atoms with E-state index in [9.17, 15) is 9.18 Å². The van der Waals surface area contributed by atoms with Crippen LogP contribution in [0.3, 0.4) is 0 Å². The van der Waals surface area contributed by atoms with E-state index in [-0.39, 0.29) is 5.69 Å². The number of anilines is 2. The maximum Gasteiger partial charge on any atom is 0.274 e. The van der Waals surface area contributed by atoms with E-state index in [2.05, 4.69) is 20.6 Å². The first-order chi connectivity index (χ1) is 11.7. The second-order valence-electron chi connectivity index (χ2n) is 5.07. The third kappa shape index (κ3) is 4.13. The van der Waals surface area contributed by atoms with Gasteiger partial charge in [0.15, 0.2) is 0 Å². The Bertz CT molecular complexity index is 839. The number of aromatic nitrogens is 2. The van der Waals surface area contributed by atoms with E-state index in [0.717, 1.165) is 11.4 Å². The summed E-state index contributed by atoms with van der Waals surface area (Å²) in [6.07, 6.45) is 3.27. The Morgan fingerprint density at radius 2 is 1.88 bits per heavy atom. The van der Waals surface area contributed by atoms with Gasteiger partial charge in [0.05, 0.1) is 12.2 Å². The molecule has 2 aromatic heterocycles. The summed E-state index contributed by atoms with van der Waals surface area (Å²) >= 11 is 0. The molecule has 2 heterocycles. The smallest absolute Gasteiger partial charge is 0.274 e. The molecule has 0 aliphatic rings. The van der Waals surface area contributed by atoms with Gasteiger partial charge in [-0.3, -0.25) is 14.8 Å². The monoisotopic (exact) mass is 322 g/mol. The molecule has 0 spiro atoms. The summed E-state index contributed by atoms with van der Waals surface area (Å²) in [4.78, 5) is 20.5. The number of carbonyl (C=O) groups is 1. The van der Waals surface area contributed by atoms with E-state index in [1.807, 2.05) is 18.2 Å². The van der Waals surface area contributed by atoms with Gasteiger partial charge in [0.1, 0.15) is 11.5 Å². The van der Waals surface area contributed by atoms with Crippen molar-refractivity contribution in [1.29, 1.82) is 0 Å². The molecule has 2 N–H and O–H groups in total. The Kier molecular flexibility index (Phi) is 4.76. The zero-order chi connectivity index (χ0) is 16.8. The van der Waals surface area contributed by atoms with Gasteiger partial charge in [-0.15, -0.1) is 0 Å². The number of nitrogens with zero attached hydrogens (tertiary/aromatic N) is 2. The number of rotatable bonds is 5. The van der Waals surface area contributed by atoms with Gasteiger partial charge in [-0.2, -0.15) is 0 Å². The molecule has 0 fully saturated rings. The fourth-order valence-corrected chi connectivity index (χ4v) is 2.12. The minimum Gasteiger partial charge on any atom is -0.379 e. The van der Waals surface area contributed by atoms with Crippen molar-refractivity contribution in [3.63, 3.8) is 0 Å². The van der Waals surface area contributed by atoms with Crippen LogP contribution in [-0.4, -0.2) is 15.9 Å². The number of hydrogen-bond acceptors (Lipinski definition) is 4. The highest BCUT2D eigenvalue weighted by atomic mass is 19.1. The summed E-state index contributed by atoms with van der Waals surface area (Å²) in [5, 5.41) is 5.81. The molecule has 0 unspecified atom stereocenters. The van der Waals surface area contributed by atoms with Crippen LogP contribution in [0.4, 0.5) is 15.8 Å². The van der Waals surface area contributed by atoms with Gasteiger partial charge in [-0.1, -0.05) is 12.1 Å². The summed E-state index contributed by atoms with van der Waals surface area (Å²) in [7, 11) is 0. The van der Waals surface area contributed by atoms with E-state index >= 15 is 0 Å². The molecule has 0 saturated heterocycles. The molecule has 6 heteroatoms. The fourth-order valence-electron chi connectivity index (χ4n) is 2.12. The molecule has 24 heavy (non-hydrogen) atoms. The van der Waals surface area contributed by atoms with Gasteiger partial charge in [0, 0.05) is 23.8 Å². The van der Waals surface area contributed by atoms with Crippen LogP contribution in [0.15, 0.2) is 67.0 Å². The van der Waals surface area contributed by atoms with Gasteiger partial charge in [0.25, 0.3) is 5.91 Å². The molecule has 120 valence electrons. The Hall–Kier alpha value is -3.28. The van der Waals surface area contributed by atoms with Crippen LogP contribution in [-0.2, 0) is 6.54 Å². The van der Waals surface area contributed by atoms with Crippen molar-refractivity contribution in [2.45, 2.75) is 6.54 Å². The summed E-state index contributed by atoms with van der Waals surface area (Å²) in [5.41, 5.74) is 2.26. The fraction of sp³-hybridized carbons (Fsp3) is 0.0556. The van der Waals surface area contributed by atoms with Gasteiger partial charge in [-0.05, 0) is 42.5 Å². The molecular formula is C18H15FN4O. The molecule has 5 nitrogen and oxygen atoms in total. The van der Waals surface area contributed by atoms with Crippen molar-refractivity contribution >= 4 is 17.3 Å². The van der Waals surface area contributed by atoms with Crippen molar-refractivity contribution < 1.29 is 9.18 Å². The standard InChI is InChI=1S/C18H15FN4O/c19-13-4-3-6-15(10-13)23-18(24)17-11-14(7-9-21-17)22-12-16-5-1-2-8-20-16/h1-11H,12H2,(H,21,22)(H,23,24). The van der Waals surface area contributed by atoms with E-state index < -0.39 is 11.7 Å². The SMILES string of the molecule is O=C(Nc1cccc(F)c1)c1cc(NCc2ccccn2)ccn1. The summed E-state index contributed by atoms with van der Waals surface area (Å²) < 4.78 is 13.2. The van der Waals surface area contributed by atoms with Crippen molar-refractivity contribution in [3.05, 3.63) is 84.2 Å². The Labute approximate surface area is 138 Å². The lowest BCUT2D eigenvalue weighted by molar-refractivity contribution is 0.102. The predicted molar refractivity (Wildman–Crippen MR) is 90.2 cm³/mol. The van der Waals surface area contributed by atoms with Crippen LogP contribution in [0.1, 0.15) is 16.2 Å². The molecule has 0 bridgehead atoms. The van der Waals surface area contributed by atoms with E-state index in [0.29, 0.717) is 12.2 Å². The number of hydrogen-bond donors (Lipinski definition) is 2. The zero-order valence-corrected chi connectivity index (χ0v) is 12.7. The highest BCUT2D eigenvalue weighted by molar-refractivity contribution is 6.03. The first kappa shape index (κ1) is 15.6. The second-order valence-corrected chi connectivity index (χ2v) is 5.07. The molecular weight excluding hydrogens is 307 g/mol. The highest BCUT2D eigenvalue weighted by Crippen LogP contribution is 2.13. The lowest BCUT2D eigenvalue weighted by Gasteiger charge is -2.08. The number of pyridine rings is 2. The van der Waals surface area contributed by atoms with Crippen molar-refractivity contribution in [3.8, 4) is 0 Å². The summed E-state index contributed by atoms with van der Waals surface area (Å²) in [6.45, 7) is 0.538. The molecule has 0 aliphatic heterocycles. The van der Waals surface area contributed by atoms with E-state index in [1.165, 1.54) is 18.2 Å². The van der Waals surface area contributed by atoms with Crippen LogP contribution in [0.5, 0.6) is 0 Å². The van der Waals surface area contributed by atoms with Crippen molar-refractivity contribution in [2.75, 3.05) is 10.6 Å². The largest absolute Gasteiger partial charge is 0.379 e. The van der Waals surface area contributed by atoms with Crippen LogP contribution in [0.25, 0.3) is 0 Å². The molecule has 0 aliphatic carbocycles. The minimum atomic E-state index is -0.411. The summed E-state index contributed by atoms with van der Waals surface area (Å²) in [6, 6.07) is 14.8. The van der Waals surface area contributed by atoms with Gasteiger partial charge < -0.3 is 10.6 Å². The molecule has 0 atom stereocenters. The topological polar surface area (TPSA) is 66.9 Å². The number of halogens is 1. The number of amides is 1. The van der Waals surface area contributed by atoms with Crippen LogP contribution < -0.4 is 10.6 Å². The van der Waals surface area contributed by atoms with Gasteiger partial charge in [0.2, 0.25) is 0 Å². The average molecular weight is 322 g/mol. The Morgan fingerprint density at radius 3 is 2.67 bits per heavy atom. The van der Waals surface area contributed by atoms with Gasteiger partial charge in [-0.25, -0.2) is 4.39 Å². The molecule has 1 aromatic carbocycles. The number of nitrogens with one attached hydrogen (secondary N) is 2. The van der Waals surface area contributed by atoms with Crippen LogP contribution >= 0.6 is 0 Å². The lowest BCUT2D eigenvalue weighted by Crippen LogP contribution is -2.14. The summed E-state index contributed by atoms with van der Waals surface area (Å²) in [5.74, 6) is -0.811. The second kappa shape index (κ2) is 7.32. The normalized spacial score (nSPS) is 10.2. The van der Waals surface area contributed by atoms with Crippen molar-refractivity contribution in [2.24, 2.45) is 0 Å². The lowest BCUT2D eigenvalue weighted by atomic mass is 10.2. The number of benzene rings is 1. The van der Waals surface area contributed by atoms with Crippen molar-refractivity contribution in [1.82, 2.24) is 9.97 Å². The maximum atomic E-state index is 13.2. The number of carbonyl (C=O) groups excluding carboxylic acids is 1. The molecule has 0 radical (unpaired) electrons. The molecule has 1 amide bonds. The molecule has 0 saturated carbocycles. The van der Waals surface area contributed by atoms with Crippen LogP contribution in [0, 0.1) is 5.82 Å². The third-order valence-corrected chi connectivity index (χ3v) is 3.27. The Balaban J connectivity index is 1.67. The first-order valence-corrected chi connectivity index (χ1v) is 7.37. The maximum absolute atomic E-state index is 13.2. The molecule has 3 rings (SSSR count). The molecule has 3 aromatic rings. The average Bonchev–Trinajstić information content (AvgIpc) is 2.61. The third-order valence-electron chi connectivity index (χ3n) is 3.27.